The third-order valence-corrected chi connectivity index (χ3v) is 2.52. The van der Waals surface area contributed by atoms with Gasteiger partial charge in [-0.25, -0.2) is 9.97 Å². The fraction of sp³-hybridized carbons (Fsp3) is 0.600. The second-order valence-electron chi connectivity index (χ2n) is 3.47. The molecule has 0 aliphatic carbocycles. The van der Waals surface area contributed by atoms with E-state index in [2.05, 4.69) is 14.9 Å². The smallest absolute Gasteiger partial charge is 0.218 e. The molecule has 1 aromatic heterocycles. The van der Waals surface area contributed by atoms with Crippen molar-refractivity contribution in [1.29, 1.82) is 0 Å². The van der Waals surface area contributed by atoms with Crippen LogP contribution in [0.3, 0.4) is 0 Å². The van der Waals surface area contributed by atoms with Crippen molar-refractivity contribution in [3.63, 3.8) is 0 Å². The second-order valence-corrected chi connectivity index (χ2v) is 3.47. The maximum atomic E-state index is 5.07. The van der Waals surface area contributed by atoms with Crippen LogP contribution in [0.25, 0.3) is 0 Å². The van der Waals surface area contributed by atoms with Gasteiger partial charge in [-0.2, -0.15) is 0 Å². The highest BCUT2D eigenvalue weighted by Gasteiger charge is 2.12. The number of nitrogens with zero attached hydrogens (tertiary/aromatic N) is 3. The van der Waals surface area contributed by atoms with Gasteiger partial charge in [-0.05, 0) is 19.3 Å². The SMILES string of the molecule is COc1cc(N2CCCCC2)ncn1. The topological polar surface area (TPSA) is 38.2 Å². The van der Waals surface area contributed by atoms with Gasteiger partial charge < -0.3 is 9.64 Å². The van der Waals surface area contributed by atoms with Crippen LogP contribution in [0.2, 0.25) is 0 Å². The van der Waals surface area contributed by atoms with Gasteiger partial charge in [-0.3, -0.25) is 0 Å². The Morgan fingerprint density at radius 2 is 2.00 bits per heavy atom. The molecule has 4 heteroatoms. The lowest BCUT2D eigenvalue weighted by molar-refractivity contribution is 0.396. The van der Waals surface area contributed by atoms with E-state index in [4.69, 9.17) is 4.74 Å². The molecule has 0 N–H and O–H groups in total. The standard InChI is InChI=1S/C10H15N3O/c1-14-10-7-9(11-8-12-10)13-5-3-2-4-6-13/h7-8H,2-6H2,1H3. The van der Waals surface area contributed by atoms with Crippen LogP contribution in [-0.2, 0) is 0 Å². The van der Waals surface area contributed by atoms with Gasteiger partial charge in [-0.1, -0.05) is 0 Å². The minimum absolute atomic E-state index is 0.639. The van der Waals surface area contributed by atoms with E-state index in [-0.39, 0.29) is 0 Å². The zero-order chi connectivity index (χ0) is 9.80. The van der Waals surface area contributed by atoms with E-state index in [1.807, 2.05) is 6.07 Å². The van der Waals surface area contributed by atoms with Crippen LogP contribution in [-0.4, -0.2) is 30.2 Å². The molecule has 0 bridgehead atoms. The number of methoxy groups -OCH3 is 1. The minimum atomic E-state index is 0.639. The predicted molar refractivity (Wildman–Crippen MR) is 54.6 cm³/mol. The van der Waals surface area contributed by atoms with Crippen molar-refractivity contribution in [2.45, 2.75) is 19.3 Å². The van der Waals surface area contributed by atoms with Gasteiger partial charge in [0, 0.05) is 19.2 Å². The van der Waals surface area contributed by atoms with Crippen molar-refractivity contribution in [2.24, 2.45) is 0 Å². The molecule has 1 aromatic rings. The Morgan fingerprint density at radius 3 is 2.71 bits per heavy atom. The molecule has 4 nitrogen and oxygen atoms in total. The molecule has 0 spiro atoms. The summed E-state index contributed by atoms with van der Waals surface area (Å²) in [5.41, 5.74) is 0. The van der Waals surface area contributed by atoms with Gasteiger partial charge in [0.1, 0.15) is 12.1 Å². The number of hydrogen-bond donors (Lipinski definition) is 0. The summed E-state index contributed by atoms with van der Waals surface area (Å²) in [5.74, 6) is 1.62. The molecule has 1 aliphatic heterocycles. The molecule has 76 valence electrons. The van der Waals surface area contributed by atoms with E-state index >= 15 is 0 Å². The van der Waals surface area contributed by atoms with Crippen molar-refractivity contribution in [1.82, 2.24) is 9.97 Å². The molecule has 1 aliphatic rings. The molecule has 0 aromatic carbocycles. The molecule has 2 heterocycles. The normalized spacial score (nSPS) is 16.8. The van der Waals surface area contributed by atoms with Gasteiger partial charge in [0.2, 0.25) is 5.88 Å². The third kappa shape index (κ3) is 1.95. The van der Waals surface area contributed by atoms with E-state index < -0.39 is 0 Å². The fourth-order valence-electron chi connectivity index (χ4n) is 1.74. The average molecular weight is 193 g/mol. The first-order chi connectivity index (χ1) is 6.90. The predicted octanol–water partition coefficient (Wildman–Crippen LogP) is 1.48. The number of hydrogen-bond acceptors (Lipinski definition) is 4. The molecule has 0 amide bonds. The third-order valence-electron chi connectivity index (χ3n) is 2.52. The van der Waals surface area contributed by atoms with Gasteiger partial charge >= 0.3 is 0 Å². The van der Waals surface area contributed by atoms with Crippen molar-refractivity contribution in [3.8, 4) is 5.88 Å². The van der Waals surface area contributed by atoms with Crippen molar-refractivity contribution in [2.75, 3.05) is 25.1 Å². The molecule has 0 saturated carbocycles. The summed E-state index contributed by atoms with van der Waals surface area (Å²) in [5, 5.41) is 0. The summed E-state index contributed by atoms with van der Waals surface area (Å²) >= 11 is 0. The van der Waals surface area contributed by atoms with Crippen molar-refractivity contribution >= 4 is 5.82 Å². The van der Waals surface area contributed by atoms with Gasteiger partial charge in [0.15, 0.2) is 0 Å². The van der Waals surface area contributed by atoms with E-state index in [9.17, 15) is 0 Å². The quantitative estimate of drug-likeness (QED) is 0.713. The van der Waals surface area contributed by atoms with Crippen molar-refractivity contribution in [3.05, 3.63) is 12.4 Å². The molecule has 2 rings (SSSR count). The Bertz CT molecular complexity index is 297. The highest BCUT2D eigenvalue weighted by Crippen LogP contribution is 2.19. The fourth-order valence-corrected chi connectivity index (χ4v) is 1.74. The Labute approximate surface area is 83.9 Å². The maximum absolute atomic E-state index is 5.07. The Morgan fingerprint density at radius 1 is 1.21 bits per heavy atom. The molecule has 0 unspecified atom stereocenters. The Hall–Kier alpha value is -1.32. The van der Waals surface area contributed by atoms with Crippen LogP contribution in [0, 0.1) is 0 Å². The largest absolute Gasteiger partial charge is 0.481 e. The Balaban J connectivity index is 2.13. The van der Waals surface area contributed by atoms with Crippen molar-refractivity contribution < 1.29 is 4.74 Å². The van der Waals surface area contributed by atoms with Gasteiger partial charge in [0.05, 0.1) is 7.11 Å². The van der Waals surface area contributed by atoms with Crippen LogP contribution >= 0.6 is 0 Å². The zero-order valence-electron chi connectivity index (χ0n) is 8.44. The van der Waals surface area contributed by atoms with E-state index in [0.717, 1.165) is 18.9 Å². The van der Waals surface area contributed by atoms with Crippen LogP contribution in [0.1, 0.15) is 19.3 Å². The minimum Gasteiger partial charge on any atom is -0.481 e. The number of rotatable bonds is 2. The highest BCUT2D eigenvalue weighted by molar-refractivity contribution is 5.40. The number of piperidine rings is 1. The first-order valence-corrected chi connectivity index (χ1v) is 5.01. The first-order valence-electron chi connectivity index (χ1n) is 5.01. The molecule has 0 atom stereocenters. The summed E-state index contributed by atoms with van der Waals surface area (Å²) in [7, 11) is 1.63. The molecule has 0 radical (unpaired) electrons. The molecular formula is C10H15N3O. The lowest BCUT2D eigenvalue weighted by atomic mass is 10.1. The second kappa shape index (κ2) is 4.26. The number of ether oxygens (including phenoxy) is 1. The summed E-state index contributed by atoms with van der Waals surface area (Å²) in [6, 6.07) is 1.89. The first kappa shape index (κ1) is 9.24. The Kier molecular flexibility index (Phi) is 2.81. The molecular weight excluding hydrogens is 178 g/mol. The molecule has 1 fully saturated rings. The van der Waals surface area contributed by atoms with E-state index in [1.54, 1.807) is 13.4 Å². The number of aromatic nitrogens is 2. The molecule has 14 heavy (non-hydrogen) atoms. The maximum Gasteiger partial charge on any atom is 0.218 e. The summed E-state index contributed by atoms with van der Waals surface area (Å²) < 4.78 is 5.07. The average Bonchev–Trinajstić information content (AvgIpc) is 2.30. The van der Waals surface area contributed by atoms with Gasteiger partial charge in [0.25, 0.3) is 0 Å². The lowest BCUT2D eigenvalue weighted by Crippen LogP contribution is -2.30. The summed E-state index contributed by atoms with van der Waals surface area (Å²) in [6.45, 7) is 2.19. The summed E-state index contributed by atoms with van der Waals surface area (Å²) in [6.07, 6.45) is 5.40. The van der Waals surface area contributed by atoms with E-state index in [0.29, 0.717) is 5.88 Å². The van der Waals surface area contributed by atoms with Crippen LogP contribution in [0.5, 0.6) is 5.88 Å². The van der Waals surface area contributed by atoms with Crippen LogP contribution in [0.15, 0.2) is 12.4 Å². The van der Waals surface area contributed by atoms with Gasteiger partial charge in [-0.15, -0.1) is 0 Å². The zero-order valence-corrected chi connectivity index (χ0v) is 8.44. The molecule has 1 saturated heterocycles. The van der Waals surface area contributed by atoms with Crippen LogP contribution < -0.4 is 9.64 Å². The summed E-state index contributed by atoms with van der Waals surface area (Å²) in [4.78, 5) is 10.5. The lowest BCUT2D eigenvalue weighted by Gasteiger charge is -2.27. The number of anilines is 1. The van der Waals surface area contributed by atoms with E-state index in [1.165, 1.54) is 19.3 Å². The highest BCUT2D eigenvalue weighted by atomic mass is 16.5. The monoisotopic (exact) mass is 193 g/mol. The van der Waals surface area contributed by atoms with Crippen LogP contribution in [0.4, 0.5) is 5.82 Å².